The summed E-state index contributed by atoms with van der Waals surface area (Å²) in [5, 5.41) is 3.64. The third-order valence-corrected chi connectivity index (χ3v) is 10.5. The van der Waals surface area contributed by atoms with Gasteiger partial charge in [-0.1, -0.05) is 109 Å². The van der Waals surface area contributed by atoms with E-state index in [1.807, 2.05) is 79.7 Å². The van der Waals surface area contributed by atoms with Crippen molar-refractivity contribution in [3.8, 4) is 0 Å². The van der Waals surface area contributed by atoms with Crippen LogP contribution in [0.1, 0.15) is 48.8 Å². The van der Waals surface area contributed by atoms with E-state index >= 15 is 0 Å². The van der Waals surface area contributed by atoms with E-state index < -0.39 is 28.5 Å². The number of nitrogens with zero attached hydrogens (tertiary/aromatic N) is 2. The van der Waals surface area contributed by atoms with Crippen LogP contribution in [0.25, 0.3) is 0 Å². The molecule has 2 amide bonds. The molecule has 4 aromatic rings. The Balaban J connectivity index is 1.54. The Morgan fingerprint density at radius 3 is 2.00 bits per heavy atom. The Labute approximate surface area is 277 Å². The lowest BCUT2D eigenvalue weighted by atomic mass is 9.94. The van der Waals surface area contributed by atoms with E-state index in [1.54, 1.807) is 17.0 Å². The van der Waals surface area contributed by atoms with Crippen molar-refractivity contribution in [2.45, 2.75) is 69.0 Å². The number of rotatable bonds is 12. The highest BCUT2D eigenvalue weighted by Gasteiger charge is 2.35. The molecule has 5 rings (SSSR count). The number of carbonyl (C=O) groups excluding carboxylic acids is 2. The van der Waals surface area contributed by atoms with Gasteiger partial charge in [0, 0.05) is 24.0 Å². The zero-order chi connectivity index (χ0) is 32.5. The van der Waals surface area contributed by atoms with Gasteiger partial charge in [-0.05, 0) is 67.3 Å². The summed E-state index contributed by atoms with van der Waals surface area (Å²) >= 11 is 6.07. The number of sulfonamides is 1. The lowest BCUT2D eigenvalue weighted by Gasteiger charge is -2.35. The normalized spacial score (nSPS) is 14.3. The van der Waals surface area contributed by atoms with Crippen molar-refractivity contribution < 1.29 is 18.0 Å². The molecule has 0 heterocycles. The topological polar surface area (TPSA) is 86.8 Å². The van der Waals surface area contributed by atoms with E-state index in [9.17, 15) is 18.0 Å². The van der Waals surface area contributed by atoms with Gasteiger partial charge in [-0.15, -0.1) is 0 Å². The van der Waals surface area contributed by atoms with Crippen LogP contribution in [0.5, 0.6) is 0 Å². The fraction of sp³-hybridized carbons (Fsp3) is 0.297. The number of hydrogen-bond donors (Lipinski definition) is 1. The molecule has 0 spiro atoms. The maximum Gasteiger partial charge on any atom is 0.264 e. The average molecular weight is 658 g/mol. The van der Waals surface area contributed by atoms with Gasteiger partial charge in [0.1, 0.15) is 12.6 Å². The van der Waals surface area contributed by atoms with E-state index in [2.05, 4.69) is 5.32 Å². The fourth-order valence-corrected chi connectivity index (χ4v) is 7.39. The van der Waals surface area contributed by atoms with Crippen LogP contribution >= 0.6 is 11.6 Å². The SMILES string of the molecule is Cc1ccc(N(CC(=O)N(Cc2ccccc2)[C@H](Cc2ccccc2)C(=O)NC2CCCCC2)S(=O)(=O)c2ccc(Cl)cc2)cc1. The van der Waals surface area contributed by atoms with Gasteiger partial charge in [-0.3, -0.25) is 13.9 Å². The van der Waals surface area contributed by atoms with Gasteiger partial charge in [-0.25, -0.2) is 8.42 Å². The molecule has 1 aliphatic carbocycles. The molecule has 1 N–H and O–H groups in total. The first kappa shape index (κ1) is 33.2. The van der Waals surface area contributed by atoms with Crippen LogP contribution in [-0.2, 0) is 32.6 Å². The molecule has 46 heavy (non-hydrogen) atoms. The van der Waals surface area contributed by atoms with E-state index in [0.29, 0.717) is 10.7 Å². The minimum absolute atomic E-state index is 0.00996. The Kier molecular flexibility index (Phi) is 11.1. The molecule has 0 unspecified atom stereocenters. The molecule has 240 valence electrons. The van der Waals surface area contributed by atoms with Gasteiger partial charge in [0.2, 0.25) is 11.8 Å². The molecule has 0 bridgehead atoms. The zero-order valence-corrected chi connectivity index (χ0v) is 27.6. The number of nitrogens with one attached hydrogen (secondary N) is 1. The second-order valence-corrected chi connectivity index (χ2v) is 14.2. The number of amides is 2. The number of aryl methyl sites for hydroxylation is 1. The first-order valence-electron chi connectivity index (χ1n) is 15.7. The molecule has 1 saturated carbocycles. The summed E-state index contributed by atoms with van der Waals surface area (Å²) in [5.74, 6) is -0.718. The molecule has 0 aliphatic heterocycles. The van der Waals surface area contributed by atoms with Gasteiger partial charge in [0.25, 0.3) is 10.0 Å². The Morgan fingerprint density at radius 1 is 0.804 bits per heavy atom. The van der Waals surface area contributed by atoms with Crippen molar-refractivity contribution in [3.05, 3.63) is 131 Å². The number of hydrogen-bond acceptors (Lipinski definition) is 4. The molecule has 9 heteroatoms. The quantitative estimate of drug-likeness (QED) is 0.179. The minimum Gasteiger partial charge on any atom is -0.352 e. The third-order valence-electron chi connectivity index (χ3n) is 8.42. The molecule has 0 saturated heterocycles. The average Bonchev–Trinajstić information content (AvgIpc) is 3.07. The molecule has 1 fully saturated rings. The molecule has 7 nitrogen and oxygen atoms in total. The lowest BCUT2D eigenvalue weighted by Crippen LogP contribution is -2.55. The monoisotopic (exact) mass is 657 g/mol. The van der Waals surface area contributed by atoms with Crippen LogP contribution in [0, 0.1) is 6.92 Å². The summed E-state index contributed by atoms with van der Waals surface area (Å²) in [6.45, 7) is 1.55. The van der Waals surface area contributed by atoms with Crippen molar-refractivity contribution in [1.29, 1.82) is 0 Å². The molecule has 1 aliphatic rings. The standard InChI is InChI=1S/C37H40ClN3O4S/c1-28-17-21-33(22-18-28)41(46(44,45)34-23-19-31(38)20-24-34)27-36(42)40(26-30-13-7-3-8-14-30)35(25-29-11-5-2-6-12-29)37(43)39-32-15-9-4-10-16-32/h2-3,5-8,11-14,17-24,32,35H,4,9-10,15-16,25-27H2,1H3,(H,39,43)/t35-/m1/s1. The molecule has 0 radical (unpaired) electrons. The number of anilines is 1. The predicted octanol–water partition coefficient (Wildman–Crippen LogP) is 6.93. The van der Waals surface area contributed by atoms with Crippen LogP contribution < -0.4 is 9.62 Å². The lowest BCUT2D eigenvalue weighted by molar-refractivity contribution is -0.140. The van der Waals surface area contributed by atoms with E-state index in [0.717, 1.165) is 53.1 Å². The van der Waals surface area contributed by atoms with Crippen LogP contribution in [0.2, 0.25) is 5.02 Å². The molecule has 0 aromatic heterocycles. The van der Waals surface area contributed by atoms with Crippen LogP contribution in [-0.4, -0.2) is 43.8 Å². The van der Waals surface area contributed by atoms with E-state index in [1.165, 1.54) is 24.3 Å². The van der Waals surface area contributed by atoms with Crippen molar-refractivity contribution in [2.24, 2.45) is 0 Å². The summed E-state index contributed by atoms with van der Waals surface area (Å²) < 4.78 is 29.4. The van der Waals surface area contributed by atoms with Crippen molar-refractivity contribution >= 4 is 39.1 Å². The Bertz CT molecular complexity index is 1690. The maximum absolute atomic E-state index is 14.6. The minimum atomic E-state index is -4.19. The highest BCUT2D eigenvalue weighted by atomic mass is 35.5. The van der Waals surface area contributed by atoms with Crippen LogP contribution in [0.3, 0.4) is 0 Å². The van der Waals surface area contributed by atoms with Gasteiger partial charge in [0.15, 0.2) is 0 Å². The molecular formula is C37H40ClN3O4S. The van der Waals surface area contributed by atoms with Gasteiger partial charge < -0.3 is 10.2 Å². The van der Waals surface area contributed by atoms with Crippen molar-refractivity contribution in [2.75, 3.05) is 10.8 Å². The largest absolute Gasteiger partial charge is 0.352 e. The van der Waals surface area contributed by atoms with Gasteiger partial charge in [-0.2, -0.15) is 0 Å². The number of carbonyl (C=O) groups is 2. The van der Waals surface area contributed by atoms with Crippen LogP contribution in [0.4, 0.5) is 5.69 Å². The maximum atomic E-state index is 14.6. The fourth-order valence-electron chi connectivity index (χ4n) is 5.85. The molecule has 1 atom stereocenters. The summed E-state index contributed by atoms with van der Waals surface area (Å²) in [6.07, 6.45) is 5.33. The molecule has 4 aromatic carbocycles. The zero-order valence-electron chi connectivity index (χ0n) is 26.0. The summed E-state index contributed by atoms with van der Waals surface area (Å²) in [7, 11) is -4.19. The van der Waals surface area contributed by atoms with E-state index in [4.69, 9.17) is 11.6 Å². The van der Waals surface area contributed by atoms with Crippen molar-refractivity contribution in [1.82, 2.24) is 10.2 Å². The second kappa shape index (κ2) is 15.4. The predicted molar refractivity (Wildman–Crippen MR) is 183 cm³/mol. The van der Waals surface area contributed by atoms with Crippen LogP contribution in [0.15, 0.2) is 114 Å². The van der Waals surface area contributed by atoms with E-state index in [-0.39, 0.29) is 29.8 Å². The summed E-state index contributed by atoms with van der Waals surface area (Å²) in [6, 6.07) is 31.1. The molecular weight excluding hydrogens is 618 g/mol. The number of benzene rings is 4. The van der Waals surface area contributed by atoms with Gasteiger partial charge >= 0.3 is 0 Å². The van der Waals surface area contributed by atoms with Crippen molar-refractivity contribution in [3.63, 3.8) is 0 Å². The number of halogens is 1. The summed E-state index contributed by atoms with van der Waals surface area (Å²) in [4.78, 5) is 30.3. The first-order chi connectivity index (χ1) is 22.2. The third kappa shape index (κ3) is 8.56. The summed E-state index contributed by atoms with van der Waals surface area (Å²) in [5.41, 5.74) is 3.04. The first-order valence-corrected chi connectivity index (χ1v) is 17.6. The Morgan fingerprint density at radius 2 is 1.39 bits per heavy atom. The Hall–Kier alpha value is -4.14. The van der Waals surface area contributed by atoms with Gasteiger partial charge in [0.05, 0.1) is 10.6 Å². The highest BCUT2D eigenvalue weighted by Crippen LogP contribution is 2.27. The second-order valence-electron chi connectivity index (χ2n) is 11.9. The highest BCUT2D eigenvalue weighted by molar-refractivity contribution is 7.92. The smallest absolute Gasteiger partial charge is 0.264 e.